The van der Waals surface area contributed by atoms with E-state index in [-0.39, 0.29) is 5.60 Å². The van der Waals surface area contributed by atoms with Gasteiger partial charge in [0.1, 0.15) is 10.6 Å². The van der Waals surface area contributed by atoms with Crippen LogP contribution in [0.2, 0.25) is 0 Å². The molecule has 0 radical (unpaired) electrons. The van der Waals surface area contributed by atoms with Crippen molar-refractivity contribution in [2.75, 3.05) is 38.8 Å². The Kier molecular flexibility index (Phi) is 4.73. The van der Waals surface area contributed by atoms with Gasteiger partial charge in [0.25, 0.3) is 0 Å². The molecule has 1 saturated heterocycles. The van der Waals surface area contributed by atoms with Crippen LogP contribution in [0.15, 0.2) is 5.51 Å². The molecule has 1 N–H and O–H groups in total. The van der Waals surface area contributed by atoms with Crippen LogP contribution in [0.25, 0.3) is 0 Å². The number of methoxy groups -OCH3 is 1. The number of anilines is 1. The molecule has 1 atom stereocenters. The van der Waals surface area contributed by atoms with Crippen LogP contribution in [0.4, 0.5) is 5.00 Å². The standard InChI is InChI=1S/C12H18N2O4S/c1-3-18-11(15)9-10(19-8-14-9)13-6-12(16-2)4-5-17-7-12/h8,13H,3-7H2,1-2H3. The molecule has 0 spiro atoms. The number of carbonyl (C=O) groups is 1. The summed E-state index contributed by atoms with van der Waals surface area (Å²) in [5, 5.41) is 3.93. The van der Waals surface area contributed by atoms with E-state index in [4.69, 9.17) is 14.2 Å². The molecule has 1 unspecified atom stereocenters. The minimum absolute atomic E-state index is 0.323. The molecule has 6 nitrogen and oxygen atoms in total. The monoisotopic (exact) mass is 286 g/mol. The van der Waals surface area contributed by atoms with Gasteiger partial charge in [-0.05, 0) is 6.92 Å². The van der Waals surface area contributed by atoms with Crippen molar-refractivity contribution in [3.05, 3.63) is 11.2 Å². The molecule has 1 fully saturated rings. The SMILES string of the molecule is CCOC(=O)c1ncsc1NCC1(OC)CCOC1. The van der Waals surface area contributed by atoms with Crippen LogP contribution in [0.5, 0.6) is 0 Å². The van der Waals surface area contributed by atoms with Crippen LogP contribution < -0.4 is 5.32 Å². The maximum Gasteiger partial charge on any atom is 0.360 e. The number of rotatable bonds is 6. The van der Waals surface area contributed by atoms with Crippen molar-refractivity contribution in [2.24, 2.45) is 0 Å². The normalized spacial score (nSPS) is 22.4. The Labute approximate surface area is 116 Å². The molecule has 7 heteroatoms. The molecule has 19 heavy (non-hydrogen) atoms. The highest BCUT2D eigenvalue weighted by Crippen LogP contribution is 2.26. The highest BCUT2D eigenvalue weighted by Gasteiger charge is 2.35. The van der Waals surface area contributed by atoms with Crippen molar-refractivity contribution < 1.29 is 19.0 Å². The number of thiazole rings is 1. The minimum Gasteiger partial charge on any atom is -0.461 e. The molecule has 0 bridgehead atoms. The molecule has 1 aliphatic rings. The fourth-order valence-electron chi connectivity index (χ4n) is 1.92. The van der Waals surface area contributed by atoms with E-state index in [9.17, 15) is 4.79 Å². The van der Waals surface area contributed by atoms with Gasteiger partial charge < -0.3 is 19.5 Å². The fraction of sp³-hybridized carbons (Fsp3) is 0.667. The summed E-state index contributed by atoms with van der Waals surface area (Å²) >= 11 is 1.38. The van der Waals surface area contributed by atoms with Crippen molar-refractivity contribution in [1.82, 2.24) is 4.98 Å². The van der Waals surface area contributed by atoms with Crippen molar-refractivity contribution in [3.63, 3.8) is 0 Å². The van der Waals surface area contributed by atoms with Crippen molar-refractivity contribution in [2.45, 2.75) is 18.9 Å². The summed E-state index contributed by atoms with van der Waals surface area (Å²) in [5.41, 5.74) is 1.63. The molecular formula is C12H18N2O4S. The third kappa shape index (κ3) is 3.23. The van der Waals surface area contributed by atoms with Crippen LogP contribution in [0.3, 0.4) is 0 Å². The predicted octanol–water partition coefficient (Wildman–Crippen LogP) is 1.54. The zero-order valence-corrected chi connectivity index (χ0v) is 11.9. The molecule has 2 rings (SSSR count). The second-order valence-electron chi connectivity index (χ2n) is 4.29. The predicted molar refractivity (Wildman–Crippen MR) is 71.7 cm³/mol. The van der Waals surface area contributed by atoms with Crippen LogP contribution in [-0.2, 0) is 14.2 Å². The minimum atomic E-state index is -0.402. The van der Waals surface area contributed by atoms with Gasteiger partial charge in [-0.25, -0.2) is 9.78 Å². The molecule has 0 aromatic carbocycles. The Balaban J connectivity index is 2.00. The Morgan fingerprint density at radius 3 is 3.16 bits per heavy atom. The van der Waals surface area contributed by atoms with Crippen LogP contribution in [0, 0.1) is 0 Å². The number of esters is 1. The van der Waals surface area contributed by atoms with Crippen molar-refractivity contribution in [3.8, 4) is 0 Å². The first-order chi connectivity index (χ1) is 9.21. The van der Waals surface area contributed by atoms with E-state index in [1.807, 2.05) is 0 Å². The van der Waals surface area contributed by atoms with Gasteiger partial charge in [-0.15, -0.1) is 11.3 Å². The van der Waals surface area contributed by atoms with E-state index in [1.54, 1.807) is 19.5 Å². The molecule has 1 aromatic heterocycles. The third-order valence-corrected chi connectivity index (χ3v) is 3.89. The average Bonchev–Trinajstić information content (AvgIpc) is 3.06. The third-order valence-electron chi connectivity index (χ3n) is 3.11. The van der Waals surface area contributed by atoms with E-state index >= 15 is 0 Å². The second kappa shape index (κ2) is 6.31. The molecule has 0 aliphatic carbocycles. The van der Waals surface area contributed by atoms with E-state index in [1.165, 1.54) is 11.3 Å². The lowest BCUT2D eigenvalue weighted by atomic mass is 10.0. The van der Waals surface area contributed by atoms with Gasteiger partial charge in [-0.3, -0.25) is 0 Å². The summed E-state index contributed by atoms with van der Waals surface area (Å²) in [4.78, 5) is 15.7. The highest BCUT2D eigenvalue weighted by molar-refractivity contribution is 7.14. The van der Waals surface area contributed by atoms with E-state index < -0.39 is 5.97 Å². The van der Waals surface area contributed by atoms with E-state index in [0.717, 1.165) is 6.42 Å². The second-order valence-corrected chi connectivity index (χ2v) is 5.15. The summed E-state index contributed by atoms with van der Waals surface area (Å²) in [5.74, 6) is -0.402. The van der Waals surface area contributed by atoms with Gasteiger partial charge in [-0.2, -0.15) is 0 Å². The maximum atomic E-state index is 11.7. The quantitative estimate of drug-likeness (QED) is 0.800. The van der Waals surface area contributed by atoms with Gasteiger partial charge in [0, 0.05) is 26.7 Å². The zero-order valence-electron chi connectivity index (χ0n) is 11.1. The Morgan fingerprint density at radius 2 is 2.53 bits per heavy atom. The van der Waals surface area contributed by atoms with Crippen LogP contribution in [-0.4, -0.2) is 50.0 Å². The van der Waals surface area contributed by atoms with Crippen LogP contribution in [0.1, 0.15) is 23.8 Å². The molecule has 106 valence electrons. The summed E-state index contributed by atoms with van der Waals surface area (Å²) < 4.78 is 15.9. The smallest absolute Gasteiger partial charge is 0.360 e. The Morgan fingerprint density at radius 1 is 1.68 bits per heavy atom. The lowest BCUT2D eigenvalue weighted by Crippen LogP contribution is -2.39. The van der Waals surface area contributed by atoms with Crippen molar-refractivity contribution >= 4 is 22.3 Å². The molecule has 0 amide bonds. The van der Waals surface area contributed by atoms with Gasteiger partial charge in [0.05, 0.1) is 18.7 Å². The zero-order chi connectivity index (χ0) is 13.7. The van der Waals surface area contributed by atoms with Crippen molar-refractivity contribution in [1.29, 1.82) is 0 Å². The Hall–Kier alpha value is -1.18. The number of nitrogens with one attached hydrogen (secondary N) is 1. The summed E-state index contributed by atoms with van der Waals surface area (Å²) in [7, 11) is 1.68. The lowest BCUT2D eigenvalue weighted by Gasteiger charge is -2.26. The van der Waals surface area contributed by atoms with Gasteiger partial charge >= 0.3 is 5.97 Å². The van der Waals surface area contributed by atoms with Gasteiger partial charge in [0.2, 0.25) is 0 Å². The summed E-state index contributed by atoms with van der Waals surface area (Å²) in [6.07, 6.45) is 0.837. The first-order valence-corrected chi connectivity index (χ1v) is 7.06. The molecular weight excluding hydrogens is 268 g/mol. The number of carbonyl (C=O) groups excluding carboxylic acids is 1. The fourth-order valence-corrected chi connectivity index (χ4v) is 2.59. The van der Waals surface area contributed by atoms with Gasteiger partial charge in [-0.1, -0.05) is 0 Å². The number of ether oxygens (including phenoxy) is 3. The lowest BCUT2D eigenvalue weighted by molar-refractivity contribution is -0.00618. The molecule has 0 saturated carbocycles. The van der Waals surface area contributed by atoms with E-state index in [2.05, 4.69) is 10.3 Å². The molecule has 1 aliphatic heterocycles. The van der Waals surface area contributed by atoms with Gasteiger partial charge in [0.15, 0.2) is 5.69 Å². The largest absolute Gasteiger partial charge is 0.461 e. The molecule has 1 aromatic rings. The first-order valence-electron chi connectivity index (χ1n) is 6.18. The highest BCUT2D eigenvalue weighted by atomic mass is 32.1. The Bertz CT molecular complexity index is 429. The summed E-state index contributed by atoms with van der Waals surface area (Å²) in [6.45, 7) is 3.95. The van der Waals surface area contributed by atoms with E-state index in [0.29, 0.717) is 37.1 Å². The number of hydrogen-bond donors (Lipinski definition) is 1. The average molecular weight is 286 g/mol. The number of hydrogen-bond acceptors (Lipinski definition) is 7. The maximum absolute atomic E-state index is 11.7. The number of aromatic nitrogens is 1. The first kappa shape index (κ1) is 14.2. The molecule has 2 heterocycles. The summed E-state index contributed by atoms with van der Waals surface area (Å²) in [6, 6.07) is 0. The van der Waals surface area contributed by atoms with Crippen LogP contribution >= 0.6 is 11.3 Å². The topological polar surface area (TPSA) is 69.7 Å². The number of nitrogens with zero attached hydrogens (tertiary/aromatic N) is 1.